The third-order valence-electron chi connectivity index (χ3n) is 3.76. The molecule has 2 aliphatic rings. The van der Waals surface area contributed by atoms with Crippen LogP contribution in [0.2, 0.25) is 0 Å². The summed E-state index contributed by atoms with van der Waals surface area (Å²) in [5.41, 5.74) is 0. The Hall–Kier alpha value is 0.690. The molecule has 1 saturated heterocycles. The first kappa shape index (κ1) is 9.25. The second-order valence-electron chi connectivity index (χ2n) is 4.78. The quantitative estimate of drug-likeness (QED) is 0.487. The standard InChI is InChI=1S/C10H18IN/c1-7-3-9-5-12(11)6-10(4-7)8(9)2/h7-10H,3-6H2,1-2H3/t7-,8+,9?,10?. The first-order valence-electron chi connectivity index (χ1n) is 5.07. The van der Waals surface area contributed by atoms with E-state index in [2.05, 4.69) is 39.8 Å². The topological polar surface area (TPSA) is 3.24 Å². The van der Waals surface area contributed by atoms with Gasteiger partial charge in [0, 0.05) is 36.0 Å². The Morgan fingerprint density at radius 1 is 1.08 bits per heavy atom. The molecule has 1 aliphatic heterocycles. The molecule has 70 valence electrons. The minimum Gasteiger partial charge on any atom is -0.247 e. The van der Waals surface area contributed by atoms with Gasteiger partial charge >= 0.3 is 0 Å². The Balaban J connectivity index is 2.08. The lowest BCUT2D eigenvalue weighted by Crippen LogP contribution is -2.45. The van der Waals surface area contributed by atoms with E-state index in [0.717, 1.165) is 23.7 Å². The van der Waals surface area contributed by atoms with Gasteiger partial charge in [-0.25, -0.2) is 3.11 Å². The second kappa shape index (κ2) is 3.45. The molecule has 0 radical (unpaired) electrons. The zero-order valence-corrected chi connectivity index (χ0v) is 10.1. The molecule has 0 amide bonds. The normalized spacial score (nSPS) is 49.2. The molecule has 0 N–H and O–H groups in total. The van der Waals surface area contributed by atoms with Crippen LogP contribution in [0, 0.1) is 23.7 Å². The molecule has 1 aliphatic carbocycles. The fourth-order valence-corrected chi connectivity index (χ4v) is 4.02. The largest absolute Gasteiger partial charge is 0.247 e. The lowest BCUT2D eigenvalue weighted by molar-refractivity contribution is 0.0599. The van der Waals surface area contributed by atoms with E-state index >= 15 is 0 Å². The van der Waals surface area contributed by atoms with Crippen molar-refractivity contribution < 1.29 is 0 Å². The summed E-state index contributed by atoms with van der Waals surface area (Å²) in [5, 5.41) is 0. The summed E-state index contributed by atoms with van der Waals surface area (Å²) in [6.45, 7) is 7.56. The molecule has 2 atom stereocenters. The third kappa shape index (κ3) is 1.65. The molecular formula is C10H18IN. The first-order valence-corrected chi connectivity index (χ1v) is 6.04. The minimum atomic E-state index is 0.987. The zero-order valence-electron chi connectivity index (χ0n) is 7.96. The lowest BCUT2D eigenvalue weighted by atomic mass is 9.67. The highest BCUT2D eigenvalue weighted by atomic mass is 127. The van der Waals surface area contributed by atoms with Gasteiger partial charge in [0.2, 0.25) is 0 Å². The predicted octanol–water partition coefficient (Wildman–Crippen LogP) is 2.95. The molecule has 1 heterocycles. The average molecular weight is 279 g/mol. The van der Waals surface area contributed by atoms with Crippen LogP contribution in [0.4, 0.5) is 0 Å². The van der Waals surface area contributed by atoms with E-state index in [0.29, 0.717) is 0 Å². The summed E-state index contributed by atoms with van der Waals surface area (Å²) >= 11 is 2.49. The van der Waals surface area contributed by atoms with Crippen LogP contribution in [0.1, 0.15) is 26.7 Å². The van der Waals surface area contributed by atoms with Crippen LogP contribution in [0.15, 0.2) is 0 Å². The van der Waals surface area contributed by atoms with Gasteiger partial charge in [0.25, 0.3) is 0 Å². The van der Waals surface area contributed by atoms with Gasteiger partial charge in [0.15, 0.2) is 0 Å². The van der Waals surface area contributed by atoms with Crippen LogP contribution in [0.5, 0.6) is 0 Å². The molecule has 2 unspecified atom stereocenters. The van der Waals surface area contributed by atoms with Crippen molar-refractivity contribution >= 4 is 22.9 Å². The fourth-order valence-electron chi connectivity index (χ4n) is 3.01. The van der Waals surface area contributed by atoms with E-state index in [1.54, 1.807) is 0 Å². The molecule has 2 fully saturated rings. The molecule has 0 aromatic heterocycles. The molecule has 2 heteroatoms. The molecule has 2 bridgehead atoms. The van der Waals surface area contributed by atoms with Crippen molar-refractivity contribution in [2.75, 3.05) is 13.1 Å². The lowest BCUT2D eigenvalue weighted by Gasteiger charge is -2.46. The van der Waals surface area contributed by atoms with Gasteiger partial charge in [-0.05, 0) is 36.5 Å². The molecule has 0 aromatic carbocycles. The number of nitrogens with zero attached hydrogens (tertiary/aromatic N) is 1. The van der Waals surface area contributed by atoms with Crippen LogP contribution in [0.3, 0.4) is 0 Å². The van der Waals surface area contributed by atoms with Gasteiger partial charge in [0.1, 0.15) is 0 Å². The Morgan fingerprint density at radius 3 is 2.08 bits per heavy atom. The maximum Gasteiger partial charge on any atom is 0.0201 e. The highest BCUT2D eigenvalue weighted by Gasteiger charge is 2.38. The number of piperidine rings is 1. The highest BCUT2D eigenvalue weighted by Crippen LogP contribution is 2.42. The van der Waals surface area contributed by atoms with E-state index in [1.165, 1.54) is 25.9 Å². The highest BCUT2D eigenvalue weighted by molar-refractivity contribution is 14.1. The number of rotatable bonds is 0. The van der Waals surface area contributed by atoms with Gasteiger partial charge in [0.05, 0.1) is 0 Å². The minimum absolute atomic E-state index is 0.987. The Bertz CT molecular complexity index is 141. The first-order chi connectivity index (χ1) is 5.66. The maximum absolute atomic E-state index is 2.50. The monoisotopic (exact) mass is 279 g/mol. The maximum atomic E-state index is 2.50. The smallest absolute Gasteiger partial charge is 0.0201 e. The average Bonchev–Trinajstić information content (AvgIpc) is 1.94. The van der Waals surface area contributed by atoms with Crippen LogP contribution in [-0.4, -0.2) is 16.2 Å². The number of fused-ring (bicyclic) bond motifs is 2. The molecule has 2 rings (SSSR count). The Labute approximate surface area is 89.4 Å². The van der Waals surface area contributed by atoms with Gasteiger partial charge in [-0.2, -0.15) is 0 Å². The number of halogens is 1. The molecule has 1 saturated carbocycles. The zero-order chi connectivity index (χ0) is 8.72. The Kier molecular flexibility index (Phi) is 2.66. The Morgan fingerprint density at radius 2 is 1.58 bits per heavy atom. The van der Waals surface area contributed by atoms with Crippen molar-refractivity contribution in [1.29, 1.82) is 0 Å². The number of hydrogen-bond acceptors (Lipinski definition) is 1. The number of hydrogen-bond donors (Lipinski definition) is 0. The van der Waals surface area contributed by atoms with E-state index in [4.69, 9.17) is 0 Å². The van der Waals surface area contributed by atoms with E-state index in [9.17, 15) is 0 Å². The van der Waals surface area contributed by atoms with Gasteiger partial charge < -0.3 is 0 Å². The molecule has 12 heavy (non-hydrogen) atoms. The summed E-state index contributed by atoms with van der Waals surface area (Å²) in [4.78, 5) is 0. The SMILES string of the molecule is C[C@H]1CC2CN(I)CC(C1)[C@@H]2C. The second-order valence-corrected chi connectivity index (χ2v) is 6.15. The van der Waals surface area contributed by atoms with Crippen molar-refractivity contribution in [3.05, 3.63) is 0 Å². The van der Waals surface area contributed by atoms with E-state index in [1.807, 2.05) is 0 Å². The molecule has 1 nitrogen and oxygen atoms in total. The summed E-state index contributed by atoms with van der Waals surface area (Å²) in [6, 6.07) is 0. The summed E-state index contributed by atoms with van der Waals surface area (Å²) in [7, 11) is 0. The summed E-state index contributed by atoms with van der Waals surface area (Å²) in [6.07, 6.45) is 2.94. The summed E-state index contributed by atoms with van der Waals surface area (Å²) < 4.78 is 2.50. The predicted molar refractivity (Wildman–Crippen MR) is 60.1 cm³/mol. The van der Waals surface area contributed by atoms with Crippen molar-refractivity contribution in [3.63, 3.8) is 0 Å². The van der Waals surface area contributed by atoms with E-state index < -0.39 is 0 Å². The van der Waals surface area contributed by atoms with Crippen LogP contribution >= 0.6 is 22.9 Å². The van der Waals surface area contributed by atoms with Crippen molar-refractivity contribution in [2.45, 2.75) is 26.7 Å². The van der Waals surface area contributed by atoms with Crippen molar-refractivity contribution in [3.8, 4) is 0 Å². The summed E-state index contributed by atoms with van der Waals surface area (Å²) in [5.74, 6) is 3.96. The van der Waals surface area contributed by atoms with Gasteiger partial charge in [-0.1, -0.05) is 13.8 Å². The molecular weight excluding hydrogens is 261 g/mol. The van der Waals surface area contributed by atoms with Crippen molar-refractivity contribution in [1.82, 2.24) is 3.11 Å². The van der Waals surface area contributed by atoms with E-state index in [-0.39, 0.29) is 0 Å². The third-order valence-corrected chi connectivity index (χ3v) is 4.55. The molecule has 0 spiro atoms. The fraction of sp³-hybridized carbons (Fsp3) is 1.00. The van der Waals surface area contributed by atoms with Crippen LogP contribution < -0.4 is 0 Å². The molecule has 0 aromatic rings. The van der Waals surface area contributed by atoms with Crippen LogP contribution in [-0.2, 0) is 0 Å². The van der Waals surface area contributed by atoms with Gasteiger partial charge in [-0.3, -0.25) is 0 Å². The van der Waals surface area contributed by atoms with Crippen LogP contribution in [0.25, 0.3) is 0 Å². The van der Waals surface area contributed by atoms with Gasteiger partial charge in [-0.15, -0.1) is 0 Å². The van der Waals surface area contributed by atoms with Crippen molar-refractivity contribution in [2.24, 2.45) is 23.7 Å².